The van der Waals surface area contributed by atoms with E-state index in [0.29, 0.717) is 22.9 Å². The third-order valence-electron chi connectivity index (χ3n) is 3.66. The van der Waals surface area contributed by atoms with E-state index in [4.69, 9.17) is 16.3 Å². The number of halogens is 1. The molecule has 1 aromatic rings. The first kappa shape index (κ1) is 18.1. The highest BCUT2D eigenvalue weighted by Gasteiger charge is 2.44. The zero-order chi connectivity index (χ0) is 17.0. The van der Waals surface area contributed by atoms with Gasteiger partial charge in [0.15, 0.2) is 0 Å². The Balaban J connectivity index is 2.29. The summed E-state index contributed by atoms with van der Waals surface area (Å²) in [4.78, 5) is 27.0. The van der Waals surface area contributed by atoms with E-state index in [-0.39, 0.29) is 23.2 Å². The number of carbonyl (C=O) groups is 2. The first-order valence-corrected chi connectivity index (χ1v) is 9.25. The Kier molecular flexibility index (Phi) is 6.36. The van der Waals surface area contributed by atoms with Crippen LogP contribution in [0.2, 0.25) is 5.02 Å². The van der Waals surface area contributed by atoms with Crippen molar-refractivity contribution in [2.75, 3.05) is 12.4 Å². The molecule has 1 aliphatic rings. The van der Waals surface area contributed by atoms with Gasteiger partial charge in [0, 0.05) is 5.75 Å². The van der Waals surface area contributed by atoms with Gasteiger partial charge in [0.2, 0.25) is 0 Å². The van der Waals surface area contributed by atoms with Gasteiger partial charge in [-0.15, -0.1) is 11.8 Å². The first-order chi connectivity index (χ1) is 11.0. The number of ether oxygens (including phenoxy) is 1. The van der Waals surface area contributed by atoms with Gasteiger partial charge in [0.25, 0.3) is 5.91 Å². The number of rotatable bonds is 5. The van der Waals surface area contributed by atoms with Crippen LogP contribution in [0.1, 0.15) is 37.6 Å². The number of amides is 1. The molecule has 126 valence electrons. The number of benzene rings is 1. The summed E-state index contributed by atoms with van der Waals surface area (Å²) in [5, 5.41) is 0.343. The fourth-order valence-corrected chi connectivity index (χ4v) is 4.23. The van der Waals surface area contributed by atoms with Gasteiger partial charge in [-0.3, -0.25) is 4.79 Å². The highest BCUT2D eigenvalue weighted by molar-refractivity contribution is 8.00. The fraction of sp³-hybridized carbons (Fsp3) is 0.529. The zero-order valence-corrected chi connectivity index (χ0v) is 15.2. The monoisotopic (exact) mass is 355 g/mol. The van der Waals surface area contributed by atoms with Gasteiger partial charge >= 0.3 is 5.97 Å². The predicted molar refractivity (Wildman–Crippen MR) is 93.7 cm³/mol. The van der Waals surface area contributed by atoms with Crippen molar-refractivity contribution in [3.8, 4) is 0 Å². The van der Waals surface area contributed by atoms with E-state index in [9.17, 15) is 9.59 Å². The minimum Gasteiger partial charge on any atom is -0.464 e. The van der Waals surface area contributed by atoms with Crippen LogP contribution in [0.5, 0.6) is 0 Å². The summed E-state index contributed by atoms with van der Waals surface area (Å²) >= 11 is 7.78. The van der Waals surface area contributed by atoms with Gasteiger partial charge < -0.3 is 9.64 Å². The van der Waals surface area contributed by atoms with Crippen LogP contribution >= 0.6 is 23.4 Å². The molecular formula is C17H22ClNO3S. The van der Waals surface area contributed by atoms with Crippen molar-refractivity contribution in [3.05, 3.63) is 34.9 Å². The van der Waals surface area contributed by atoms with Gasteiger partial charge in [-0.25, -0.2) is 4.79 Å². The standard InChI is InChI=1S/C17H22ClNO3S/c1-4-9-22-17(21)14-10-23-16(11(2)3)19(14)15(20)12-7-5-6-8-13(12)18/h5-8,11,14,16H,4,9-10H2,1-3H3. The molecule has 0 aromatic heterocycles. The van der Waals surface area contributed by atoms with Crippen molar-refractivity contribution >= 4 is 35.2 Å². The molecule has 0 bridgehead atoms. The number of nitrogens with zero attached hydrogens (tertiary/aromatic N) is 1. The molecule has 1 fully saturated rings. The molecule has 0 aliphatic carbocycles. The third-order valence-corrected chi connectivity index (χ3v) is 5.62. The van der Waals surface area contributed by atoms with Gasteiger partial charge in [0.1, 0.15) is 6.04 Å². The Labute approximate surface area is 146 Å². The molecule has 1 heterocycles. The van der Waals surface area contributed by atoms with Crippen LogP contribution in [-0.4, -0.2) is 40.6 Å². The minimum atomic E-state index is -0.553. The zero-order valence-electron chi connectivity index (χ0n) is 13.6. The molecule has 2 rings (SSSR count). The van der Waals surface area contributed by atoms with Crippen LogP contribution in [0.4, 0.5) is 0 Å². The number of hydrogen-bond donors (Lipinski definition) is 0. The topological polar surface area (TPSA) is 46.6 Å². The number of hydrogen-bond acceptors (Lipinski definition) is 4. The lowest BCUT2D eigenvalue weighted by Crippen LogP contribution is -2.47. The molecule has 1 aromatic carbocycles. The van der Waals surface area contributed by atoms with E-state index >= 15 is 0 Å². The van der Waals surface area contributed by atoms with Crippen LogP contribution in [-0.2, 0) is 9.53 Å². The molecule has 0 spiro atoms. The minimum absolute atomic E-state index is 0.0575. The highest BCUT2D eigenvalue weighted by Crippen LogP contribution is 2.36. The fourth-order valence-electron chi connectivity index (χ4n) is 2.55. The SMILES string of the molecule is CCCOC(=O)C1CSC(C(C)C)N1C(=O)c1ccccc1Cl. The molecule has 4 nitrogen and oxygen atoms in total. The number of thioether (sulfide) groups is 1. The Bertz CT molecular complexity index is 579. The van der Waals surface area contributed by atoms with Gasteiger partial charge in [-0.1, -0.05) is 44.5 Å². The second-order valence-electron chi connectivity index (χ2n) is 5.84. The first-order valence-electron chi connectivity index (χ1n) is 7.82. The summed E-state index contributed by atoms with van der Waals surface area (Å²) in [5.74, 6) is 0.248. The van der Waals surface area contributed by atoms with Crippen LogP contribution in [0.15, 0.2) is 24.3 Å². The Morgan fingerprint density at radius 1 is 1.39 bits per heavy atom. The van der Waals surface area contributed by atoms with Crippen molar-refractivity contribution in [2.45, 2.75) is 38.6 Å². The number of carbonyl (C=O) groups excluding carboxylic acids is 2. The summed E-state index contributed by atoms with van der Waals surface area (Å²) in [6.45, 7) is 6.41. The van der Waals surface area contributed by atoms with E-state index in [1.54, 1.807) is 40.9 Å². The van der Waals surface area contributed by atoms with E-state index in [0.717, 1.165) is 6.42 Å². The molecule has 2 unspecified atom stereocenters. The molecular weight excluding hydrogens is 334 g/mol. The summed E-state index contributed by atoms with van der Waals surface area (Å²) in [6.07, 6.45) is 0.762. The molecule has 0 radical (unpaired) electrons. The molecule has 1 aliphatic heterocycles. The van der Waals surface area contributed by atoms with E-state index < -0.39 is 6.04 Å². The lowest BCUT2D eigenvalue weighted by molar-refractivity contribution is -0.148. The summed E-state index contributed by atoms with van der Waals surface area (Å²) in [5.41, 5.74) is 0.426. The lowest BCUT2D eigenvalue weighted by Gasteiger charge is -2.30. The molecule has 6 heteroatoms. The number of esters is 1. The van der Waals surface area contributed by atoms with Crippen molar-refractivity contribution < 1.29 is 14.3 Å². The Morgan fingerprint density at radius 2 is 2.09 bits per heavy atom. The van der Waals surface area contributed by atoms with Crippen molar-refractivity contribution in [1.29, 1.82) is 0 Å². The smallest absolute Gasteiger partial charge is 0.329 e. The summed E-state index contributed by atoms with van der Waals surface area (Å²) in [7, 11) is 0. The Morgan fingerprint density at radius 3 is 2.70 bits per heavy atom. The second kappa shape index (κ2) is 8.06. The maximum atomic E-state index is 13.0. The van der Waals surface area contributed by atoms with E-state index in [2.05, 4.69) is 0 Å². The van der Waals surface area contributed by atoms with Crippen LogP contribution in [0.3, 0.4) is 0 Å². The lowest BCUT2D eigenvalue weighted by atomic mass is 10.1. The molecule has 0 N–H and O–H groups in total. The molecule has 0 saturated carbocycles. The third kappa shape index (κ3) is 4.01. The van der Waals surface area contributed by atoms with Gasteiger partial charge in [-0.05, 0) is 24.5 Å². The van der Waals surface area contributed by atoms with Crippen molar-refractivity contribution in [2.24, 2.45) is 5.92 Å². The van der Waals surface area contributed by atoms with Crippen LogP contribution in [0.25, 0.3) is 0 Å². The highest BCUT2D eigenvalue weighted by atomic mass is 35.5. The summed E-state index contributed by atoms with van der Waals surface area (Å²) in [6, 6.07) is 6.39. The van der Waals surface area contributed by atoms with Gasteiger partial charge in [-0.2, -0.15) is 0 Å². The maximum absolute atomic E-state index is 13.0. The van der Waals surface area contributed by atoms with Crippen molar-refractivity contribution in [1.82, 2.24) is 4.90 Å². The molecule has 1 saturated heterocycles. The van der Waals surface area contributed by atoms with Gasteiger partial charge in [0.05, 0.1) is 22.6 Å². The maximum Gasteiger partial charge on any atom is 0.329 e. The molecule has 1 amide bonds. The predicted octanol–water partition coefficient (Wildman–Crippen LogP) is 3.83. The normalized spacial score (nSPS) is 20.8. The Hall–Kier alpha value is -1.20. The quantitative estimate of drug-likeness (QED) is 0.753. The molecule has 2 atom stereocenters. The largest absolute Gasteiger partial charge is 0.464 e. The van der Waals surface area contributed by atoms with E-state index in [1.807, 2.05) is 20.8 Å². The average Bonchev–Trinajstić information content (AvgIpc) is 2.97. The van der Waals surface area contributed by atoms with Crippen LogP contribution in [0, 0.1) is 5.92 Å². The summed E-state index contributed by atoms with van der Waals surface area (Å²) < 4.78 is 5.27. The van der Waals surface area contributed by atoms with Crippen LogP contribution < -0.4 is 0 Å². The average molecular weight is 356 g/mol. The van der Waals surface area contributed by atoms with E-state index in [1.165, 1.54) is 0 Å². The van der Waals surface area contributed by atoms with Crippen molar-refractivity contribution in [3.63, 3.8) is 0 Å². The second-order valence-corrected chi connectivity index (χ2v) is 7.40. The molecule has 23 heavy (non-hydrogen) atoms.